The second kappa shape index (κ2) is 8.42. The number of nitrogens with one attached hydrogen (secondary N) is 1. The third-order valence-corrected chi connectivity index (χ3v) is 6.78. The Labute approximate surface area is 198 Å². The van der Waals surface area contributed by atoms with Crippen LogP contribution in [-0.4, -0.2) is 77.0 Å². The first-order valence-corrected chi connectivity index (χ1v) is 11.4. The standard InChI is InChI=1S/C24H22F2N4O5/c25-14-5-11(30-4-3-12(31)8-30)6-15(26)20(14)16-1-2-17-21(28-16)13(7-27)24(29-17)35-19-10-34-22-18(32)9-33-23(19)22/h1-2,5-6,12,18-19,22-23,29,31-32H,3-4,8-10H2/t12-,18-,19-,22-,23-/m1/s1. The van der Waals surface area contributed by atoms with E-state index in [0.717, 1.165) is 0 Å². The Hall–Kier alpha value is -3.30. The summed E-state index contributed by atoms with van der Waals surface area (Å²) in [6.45, 7) is 1.16. The van der Waals surface area contributed by atoms with E-state index in [-0.39, 0.29) is 41.4 Å². The van der Waals surface area contributed by atoms with E-state index in [9.17, 15) is 15.5 Å². The number of benzene rings is 1. The van der Waals surface area contributed by atoms with Crippen LogP contribution in [0.5, 0.6) is 5.88 Å². The molecule has 9 nitrogen and oxygen atoms in total. The Balaban J connectivity index is 1.32. The number of ether oxygens (including phenoxy) is 3. The van der Waals surface area contributed by atoms with Crippen LogP contribution in [0.2, 0.25) is 0 Å². The second-order valence-electron chi connectivity index (χ2n) is 9.03. The van der Waals surface area contributed by atoms with Crippen molar-refractivity contribution in [3.05, 3.63) is 41.5 Å². The number of H-pyrrole nitrogens is 1. The summed E-state index contributed by atoms with van der Waals surface area (Å²) in [5.41, 5.74) is 0.859. The van der Waals surface area contributed by atoms with Gasteiger partial charge in [-0.3, -0.25) is 0 Å². The van der Waals surface area contributed by atoms with Crippen LogP contribution < -0.4 is 9.64 Å². The molecule has 3 aromatic rings. The molecule has 11 heteroatoms. The van der Waals surface area contributed by atoms with Gasteiger partial charge in [-0.05, 0) is 30.7 Å². The van der Waals surface area contributed by atoms with Gasteiger partial charge in [-0.15, -0.1) is 0 Å². The molecule has 0 saturated carbocycles. The molecule has 3 saturated heterocycles. The maximum Gasteiger partial charge on any atom is 0.212 e. The van der Waals surface area contributed by atoms with Crippen molar-refractivity contribution in [1.82, 2.24) is 9.97 Å². The minimum atomic E-state index is -0.787. The number of pyridine rings is 1. The molecule has 0 radical (unpaired) electrons. The SMILES string of the molecule is N#Cc1c(O[C@@H]2CO[C@H]3[C@@H]2OC[C@H]3O)[nH]c2ccc(-c3c(F)cc(N4CC[C@@H](O)C4)cc3F)nc12. The predicted molar refractivity (Wildman–Crippen MR) is 119 cm³/mol. The zero-order chi connectivity index (χ0) is 24.3. The summed E-state index contributed by atoms with van der Waals surface area (Å²) in [5.74, 6) is -1.43. The number of aliphatic hydroxyl groups excluding tert-OH is 2. The van der Waals surface area contributed by atoms with Crippen molar-refractivity contribution in [2.24, 2.45) is 0 Å². The molecule has 0 amide bonds. The number of anilines is 1. The number of nitrogens with zero attached hydrogens (tertiary/aromatic N) is 3. The average Bonchev–Trinajstić information content (AvgIpc) is 3.59. The molecule has 182 valence electrons. The van der Waals surface area contributed by atoms with Crippen molar-refractivity contribution in [3.63, 3.8) is 0 Å². The van der Waals surface area contributed by atoms with E-state index in [4.69, 9.17) is 14.2 Å². The molecular weight excluding hydrogens is 462 g/mol. The van der Waals surface area contributed by atoms with Crippen molar-refractivity contribution in [1.29, 1.82) is 5.26 Å². The third-order valence-electron chi connectivity index (χ3n) is 6.78. The van der Waals surface area contributed by atoms with Crippen molar-refractivity contribution in [3.8, 4) is 23.2 Å². The lowest BCUT2D eigenvalue weighted by molar-refractivity contribution is 0.00789. The molecule has 5 atom stereocenters. The predicted octanol–water partition coefficient (Wildman–Crippen LogP) is 1.86. The fraction of sp³-hybridized carbons (Fsp3) is 0.417. The maximum atomic E-state index is 15.0. The number of hydrogen-bond acceptors (Lipinski definition) is 8. The van der Waals surface area contributed by atoms with Gasteiger partial charge < -0.3 is 34.3 Å². The van der Waals surface area contributed by atoms with Crippen molar-refractivity contribution < 1.29 is 33.2 Å². The largest absolute Gasteiger partial charge is 0.469 e. The van der Waals surface area contributed by atoms with Crippen LogP contribution in [-0.2, 0) is 9.47 Å². The van der Waals surface area contributed by atoms with Crippen molar-refractivity contribution in [2.75, 3.05) is 31.2 Å². The molecular formula is C24H22F2N4O5. The Bertz CT molecular complexity index is 1320. The second-order valence-corrected chi connectivity index (χ2v) is 9.03. The van der Waals surface area contributed by atoms with Crippen LogP contribution in [0.15, 0.2) is 24.3 Å². The number of aromatic amines is 1. The highest BCUT2D eigenvalue weighted by Gasteiger charge is 2.48. The first kappa shape index (κ1) is 22.2. The molecule has 3 aliphatic heterocycles. The Morgan fingerprint density at radius 2 is 1.91 bits per heavy atom. The summed E-state index contributed by atoms with van der Waals surface area (Å²) in [6, 6.07) is 7.56. The Morgan fingerprint density at radius 3 is 2.63 bits per heavy atom. The normalized spacial score (nSPS) is 28.0. The number of fused-ring (bicyclic) bond motifs is 2. The number of aromatic nitrogens is 2. The summed E-state index contributed by atoms with van der Waals surface area (Å²) < 4.78 is 47.2. The summed E-state index contributed by atoms with van der Waals surface area (Å²) >= 11 is 0. The highest BCUT2D eigenvalue weighted by Crippen LogP contribution is 2.35. The first-order chi connectivity index (χ1) is 16.9. The molecule has 35 heavy (non-hydrogen) atoms. The molecule has 3 fully saturated rings. The number of rotatable bonds is 4. The lowest BCUT2D eigenvalue weighted by Gasteiger charge is -2.19. The smallest absolute Gasteiger partial charge is 0.212 e. The lowest BCUT2D eigenvalue weighted by atomic mass is 10.1. The van der Waals surface area contributed by atoms with Gasteiger partial charge in [-0.25, -0.2) is 13.8 Å². The van der Waals surface area contributed by atoms with Crippen molar-refractivity contribution in [2.45, 2.75) is 36.9 Å². The maximum absolute atomic E-state index is 15.0. The van der Waals surface area contributed by atoms with Gasteiger partial charge in [-0.2, -0.15) is 5.26 Å². The van der Waals surface area contributed by atoms with Gasteiger partial charge in [-0.1, -0.05) is 0 Å². The van der Waals surface area contributed by atoms with Gasteiger partial charge in [0.2, 0.25) is 5.88 Å². The summed E-state index contributed by atoms with van der Waals surface area (Å²) in [5, 5.41) is 29.4. The van der Waals surface area contributed by atoms with Gasteiger partial charge in [0.25, 0.3) is 0 Å². The fourth-order valence-electron chi connectivity index (χ4n) is 5.03. The van der Waals surface area contributed by atoms with Crippen LogP contribution in [0.25, 0.3) is 22.3 Å². The summed E-state index contributed by atoms with van der Waals surface area (Å²) in [6.07, 6.45) is -2.21. The van der Waals surface area contributed by atoms with Crippen LogP contribution in [0, 0.1) is 23.0 Å². The number of hydrogen-bond donors (Lipinski definition) is 3. The van der Waals surface area contributed by atoms with E-state index >= 15 is 8.78 Å². The molecule has 3 N–H and O–H groups in total. The van der Waals surface area contributed by atoms with Gasteiger partial charge >= 0.3 is 0 Å². The molecule has 0 spiro atoms. The number of nitriles is 1. The van der Waals surface area contributed by atoms with E-state index in [1.807, 2.05) is 0 Å². The topological polar surface area (TPSA) is 124 Å². The Morgan fingerprint density at radius 1 is 1.14 bits per heavy atom. The van der Waals surface area contributed by atoms with Gasteiger partial charge in [0.1, 0.15) is 47.1 Å². The molecule has 0 bridgehead atoms. The van der Waals surface area contributed by atoms with Crippen LogP contribution in [0.3, 0.4) is 0 Å². The molecule has 1 aromatic carbocycles. The van der Waals surface area contributed by atoms with Crippen LogP contribution >= 0.6 is 0 Å². The summed E-state index contributed by atoms with van der Waals surface area (Å²) in [7, 11) is 0. The first-order valence-electron chi connectivity index (χ1n) is 11.4. The minimum Gasteiger partial charge on any atom is -0.469 e. The summed E-state index contributed by atoms with van der Waals surface area (Å²) in [4.78, 5) is 9.10. The van der Waals surface area contributed by atoms with Gasteiger partial charge in [0.05, 0.1) is 36.1 Å². The van der Waals surface area contributed by atoms with Crippen molar-refractivity contribution >= 4 is 16.7 Å². The van der Waals surface area contributed by atoms with Gasteiger partial charge in [0, 0.05) is 18.8 Å². The molecule has 5 heterocycles. The monoisotopic (exact) mass is 484 g/mol. The van der Waals surface area contributed by atoms with Crippen LogP contribution in [0.1, 0.15) is 12.0 Å². The lowest BCUT2D eigenvalue weighted by Crippen LogP contribution is -2.34. The number of β-amino-alcohol motifs (C(OH)–C–C–N with tert-alkyl or cyclic N) is 1. The minimum absolute atomic E-state index is 0.0362. The zero-order valence-electron chi connectivity index (χ0n) is 18.4. The zero-order valence-corrected chi connectivity index (χ0v) is 18.4. The molecule has 3 aliphatic rings. The Kier molecular flexibility index (Phi) is 5.34. The molecule has 0 unspecified atom stereocenters. The number of halogens is 2. The number of aliphatic hydroxyl groups is 2. The van der Waals surface area contributed by atoms with Gasteiger partial charge in [0.15, 0.2) is 6.10 Å². The highest BCUT2D eigenvalue weighted by molar-refractivity contribution is 5.87. The van der Waals surface area contributed by atoms with Crippen LogP contribution in [0.4, 0.5) is 14.5 Å². The highest BCUT2D eigenvalue weighted by atomic mass is 19.1. The average molecular weight is 484 g/mol. The van der Waals surface area contributed by atoms with E-state index in [1.165, 1.54) is 18.2 Å². The van der Waals surface area contributed by atoms with E-state index in [0.29, 0.717) is 30.7 Å². The van der Waals surface area contributed by atoms with E-state index in [1.54, 1.807) is 11.0 Å². The van der Waals surface area contributed by atoms with E-state index < -0.39 is 42.2 Å². The quantitative estimate of drug-likeness (QED) is 0.513. The third kappa shape index (κ3) is 3.70. The van der Waals surface area contributed by atoms with E-state index in [2.05, 4.69) is 16.0 Å². The fourth-order valence-corrected chi connectivity index (χ4v) is 5.03. The molecule has 2 aromatic heterocycles. The molecule has 0 aliphatic carbocycles. The molecule has 6 rings (SSSR count).